The maximum absolute atomic E-state index is 3.70. The van der Waals surface area contributed by atoms with E-state index in [1.807, 2.05) is 0 Å². The van der Waals surface area contributed by atoms with Crippen molar-refractivity contribution in [2.24, 2.45) is 17.8 Å². The van der Waals surface area contributed by atoms with Crippen molar-refractivity contribution >= 4 is 5.87 Å². The maximum Gasteiger partial charge on any atom is 0.159 e. The average Bonchev–Trinajstić information content (AvgIpc) is 2.73. The summed E-state index contributed by atoms with van der Waals surface area (Å²) in [5.41, 5.74) is 0. The Balaban J connectivity index is 1.76. The van der Waals surface area contributed by atoms with Gasteiger partial charge in [0.1, 0.15) is 0 Å². The first-order valence-corrected chi connectivity index (χ1v) is 5.61. The van der Waals surface area contributed by atoms with Crippen molar-refractivity contribution in [2.45, 2.75) is 32.6 Å². The van der Waals surface area contributed by atoms with Crippen molar-refractivity contribution in [1.82, 2.24) is 0 Å². The minimum absolute atomic E-state index is 0.941. The van der Waals surface area contributed by atoms with Crippen LogP contribution < -0.4 is 0 Å². The highest BCUT2D eigenvalue weighted by molar-refractivity contribution is 5.39. The second kappa shape index (κ2) is 3.67. The molecule has 1 nitrogen and oxygen atoms in total. The van der Waals surface area contributed by atoms with Gasteiger partial charge in [-0.1, -0.05) is 13.3 Å². The van der Waals surface area contributed by atoms with Gasteiger partial charge in [0.15, 0.2) is 19.0 Å². The minimum Gasteiger partial charge on any atom is -0.189 e. The van der Waals surface area contributed by atoms with Crippen LogP contribution in [0.1, 0.15) is 32.6 Å². The Morgan fingerprint density at radius 2 is 2.31 bits per heavy atom. The Kier molecular flexibility index (Phi) is 2.55. The Morgan fingerprint density at radius 1 is 1.46 bits per heavy atom. The molecule has 0 amide bonds. The van der Waals surface area contributed by atoms with Crippen molar-refractivity contribution in [1.29, 1.82) is 0 Å². The summed E-state index contributed by atoms with van der Waals surface area (Å²) in [6.45, 7) is 8.44. The molecular formula is C12H20N+. The summed E-state index contributed by atoms with van der Waals surface area (Å²) >= 11 is 0. The summed E-state index contributed by atoms with van der Waals surface area (Å²) in [5, 5.41) is 0. The SMILES string of the molecule is C=C=[N+]1CCC(C[C@@H]2CC2CC)C1. The Bertz CT molecular complexity index is 238. The van der Waals surface area contributed by atoms with Crippen LogP contribution in [0.15, 0.2) is 6.58 Å². The largest absolute Gasteiger partial charge is 0.189 e. The molecule has 72 valence electrons. The van der Waals surface area contributed by atoms with Gasteiger partial charge in [-0.15, -0.1) is 0 Å². The topological polar surface area (TPSA) is 3.01 Å². The molecular weight excluding hydrogens is 158 g/mol. The molecule has 2 unspecified atom stereocenters. The van der Waals surface area contributed by atoms with Gasteiger partial charge in [0.05, 0.1) is 0 Å². The fraction of sp³-hybridized carbons (Fsp3) is 0.833. The van der Waals surface area contributed by atoms with Crippen molar-refractivity contribution < 1.29 is 4.58 Å². The molecule has 0 aromatic carbocycles. The molecule has 1 aliphatic heterocycles. The van der Waals surface area contributed by atoms with Crippen LogP contribution in [0.3, 0.4) is 0 Å². The van der Waals surface area contributed by atoms with E-state index in [0.717, 1.165) is 17.8 Å². The molecule has 0 N–H and O–H groups in total. The van der Waals surface area contributed by atoms with Crippen molar-refractivity contribution in [2.75, 3.05) is 13.1 Å². The quantitative estimate of drug-likeness (QED) is 0.583. The Morgan fingerprint density at radius 3 is 2.85 bits per heavy atom. The molecule has 0 spiro atoms. The predicted molar refractivity (Wildman–Crippen MR) is 55.2 cm³/mol. The van der Waals surface area contributed by atoms with Gasteiger partial charge < -0.3 is 0 Å². The van der Waals surface area contributed by atoms with Crippen molar-refractivity contribution in [3.8, 4) is 0 Å². The van der Waals surface area contributed by atoms with Gasteiger partial charge >= 0.3 is 0 Å². The third-order valence-electron chi connectivity index (χ3n) is 3.74. The number of hydrogen-bond donors (Lipinski definition) is 0. The Labute approximate surface area is 81.2 Å². The molecule has 1 saturated heterocycles. The first-order valence-electron chi connectivity index (χ1n) is 5.61. The highest BCUT2D eigenvalue weighted by Crippen LogP contribution is 2.46. The van der Waals surface area contributed by atoms with Crippen LogP contribution in [-0.4, -0.2) is 23.5 Å². The molecule has 3 atom stereocenters. The third kappa shape index (κ3) is 2.03. The summed E-state index contributed by atoms with van der Waals surface area (Å²) in [7, 11) is 0. The van der Waals surface area contributed by atoms with E-state index in [4.69, 9.17) is 0 Å². The molecule has 0 radical (unpaired) electrons. The van der Waals surface area contributed by atoms with Gasteiger partial charge in [-0.25, -0.2) is 0 Å². The van der Waals surface area contributed by atoms with Crippen molar-refractivity contribution in [3.63, 3.8) is 0 Å². The van der Waals surface area contributed by atoms with E-state index < -0.39 is 0 Å². The molecule has 1 heterocycles. The van der Waals surface area contributed by atoms with Crippen LogP contribution in [-0.2, 0) is 0 Å². The third-order valence-corrected chi connectivity index (χ3v) is 3.74. The van der Waals surface area contributed by atoms with E-state index in [1.54, 1.807) is 0 Å². The average molecular weight is 178 g/mol. The Hall–Kier alpha value is -0.550. The van der Waals surface area contributed by atoms with E-state index in [0.29, 0.717) is 0 Å². The molecule has 2 fully saturated rings. The lowest BCUT2D eigenvalue weighted by Gasteiger charge is -2.02. The maximum atomic E-state index is 3.70. The summed E-state index contributed by atoms with van der Waals surface area (Å²) in [6.07, 6.45) is 5.74. The molecule has 1 saturated carbocycles. The second-order valence-electron chi connectivity index (χ2n) is 4.66. The van der Waals surface area contributed by atoms with Gasteiger partial charge in [0, 0.05) is 18.9 Å². The number of nitrogens with zero attached hydrogens (tertiary/aromatic N) is 1. The van der Waals surface area contributed by atoms with Crippen LogP contribution in [0.5, 0.6) is 0 Å². The molecule has 0 aromatic heterocycles. The number of hydrogen-bond acceptors (Lipinski definition) is 0. The van der Waals surface area contributed by atoms with E-state index in [1.165, 1.54) is 38.8 Å². The van der Waals surface area contributed by atoms with Gasteiger partial charge in [0.2, 0.25) is 0 Å². The zero-order valence-electron chi connectivity index (χ0n) is 8.63. The molecule has 0 aromatic rings. The van der Waals surface area contributed by atoms with Gasteiger partial charge in [0.25, 0.3) is 0 Å². The predicted octanol–water partition coefficient (Wildman–Crippen LogP) is 2.31. The lowest BCUT2D eigenvalue weighted by Crippen LogP contribution is -2.07. The van der Waals surface area contributed by atoms with Crippen molar-refractivity contribution in [3.05, 3.63) is 6.58 Å². The zero-order valence-corrected chi connectivity index (χ0v) is 8.63. The fourth-order valence-corrected chi connectivity index (χ4v) is 2.70. The zero-order chi connectivity index (χ0) is 9.26. The standard InChI is InChI=1S/C12H20N/c1-3-11-8-12(11)7-10-5-6-13(4-2)9-10/h10-12H,2-3,5-9H2,1H3/q+1/t10?,11?,12-/m1/s1. The monoisotopic (exact) mass is 178 g/mol. The summed E-state index contributed by atoms with van der Waals surface area (Å²) in [4.78, 5) is 0. The normalized spacial score (nSPS) is 37.6. The van der Waals surface area contributed by atoms with Gasteiger partial charge in [-0.3, -0.25) is 0 Å². The van der Waals surface area contributed by atoms with Crippen LogP contribution in [0.2, 0.25) is 0 Å². The first-order chi connectivity index (χ1) is 6.33. The smallest absolute Gasteiger partial charge is 0.159 e. The molecule has 1 aliphatic carbocycles. The molecule has 13 heavy (non-hydrogen) atoms. The summed E-state index contributed by atoms with van der Waals surface area (Å²) < 4.78 is 2.24. The molecule has 1 heteroatoms. The highest BCUT2D eigenvalue weighted by Gasteiger charge is 2.39. The second-order valence-corrected chi connectivity index (χ2v) is 4.66. The highest BCUT2D eigenvalue weighted by atomic mass is 15.0. The van der Waals surface area contributed by atoms with E-state index in [-0.39, 0.29) is 0 Å². The van der Waals surface area contributed by atoms with Crippen LogP contribution in [0.25, 0.3) is 0 Å². The van der Waals surface area contributed by atoms with Gasteiger partial charge in [-0.05, 0) is 24.7 Å². The lowest BCUT2D eigenvalue weighted by molar-refractivity contribution is -0.501. The van der Waals surface area contributed by atoms with Crippen LogP contribution in [0.4, 0.5) is 0 Å². The minimum atomic E-state index is 0.941. The molecule has 0 bridgehead atoms. The first kappa shape index (κ1) is 9.02. The van der Waals surface area contributed by atoms with Gasteiger partial charge in [-0.2, -0.15) is 4.58 Å². The lowest BCUT2D eigenvalue weighted by atomic mass is 10.0. The van der Waals surface area contributed by atoms with Crippen LogP contribution >= 0.6 is 0 Å². The molecule has 2 aliphatic rings. The summed E-state index contributed by atoms with van der Waals surface area (Å²) in [5.74, 6) is 6.08. The van der Waals surface area contributed by atoms with E-state index in [9.17, 15) is 0 Å². The summed E-state index contributed by atoms with van der Waals surface area (Å²) in [6, 6.07) is 0. The molecule has 2 rings (SSSR count). The van der Waals surface area contributed by atoms with Crippen LogP contribution in [0, 0.1) is 17.8 Å². The van der Waals surface area contributed by atoms with E-state index in [2.05, 4.69) is 23.9 Å². The number of rotatable bonds is 3. The van der Waals surface area contributed by atoms with E-state index >= 15 is 0 Å². The fourth-order valence-electron chi connectivity index (χ4n) is 2.70.